The standard InChI is InChI=1S/C14H18N2O5/c1-15(10-14(18)5-7-21-8-6-14)13(17)11-3-2-4-12(9-11)16(19)20/h2-4,9,18H,5-8,10H2,1H3. The Balaban J connectivity index is 2.08. The SMILES string of the molecule is CN(CC1(O)CCOCC1)C(=O)c1cccc([N+](=O)[O-])c1. The summed E-state index contributed by atoms with van der Waals surface area (Å²) in [4.78, 5) is 23.9. The molecule has 0 spiro atoms. The second kappa shape index (κ2) is 6.19. The minimum atomic E-state index is -0.955. The summed E-state index contributed by atoms with van der Waals surface area (Å²) in [6.45, 7) is 1.11. The van der Waals surface area contributed by atoms with Crippen LogP contribution in [0.3, 0.4) is 0 Å². The number of non-ortho nitro benzene ring substituents is 1. The lowest BCUT2D eigenvalue weighted by Gasteiger charge is -2.35. The van der Waals surface area contributed by atoms with Gasteiger partial charge in [0.05, 0.1) is 10.5 Å². The Kier molecular flexibility index (Phi) is 4.54. The number of hydrogen-bond acceptors (Lipinski definition) is 5. The third-order valence-electron chi connectivity index (χ3n) is 3.61. The van der Waals surface area contributed by atoms with Gasteiger partial charge in [-0.25, -0.2) is 0 Å². The average molecular weight is 294 g/mol. The summed E-state index contributed by atoms with van der Waals surface area (Å²) in [6, 6.07) is 5.58. The molecule has 1 aliphatic rings. The van der Waals surface area contributed by atoms with E-state index in [1.165, 1.54) is 29.2 Å². The van der Waals surface area contributed by atoms with Gasteiger partial charge in [0.15, 0.2) is 0 Å². The molecule has 7 heteroatoms. The average Bonchev–Trinajstić information content (AvgIpc) is 2.46. The molecule has 0 aliphatic carbocycles. The number of carbonyl (C=O) groups is 1. The normalized spacial score (nSPS) is 17.2. The summed E-state index contributed by atoms with van der Waals surface area (Å²) < 4.78 is 5.20. The first kappa shape index (κ1) is 15.4. The molecule has 1 aromatic carbocycles. The molecule has 21 heavy (non-hydrogen) atoms. The lowest BCUT2D eigenvalue weighted by Crippen LogP contribution is -2.47. The van der Waals surface area contributed by atoms with E-state index >= 15 is 0 Å². The molecule has 1 heterocycles. The van der Waals surface area contributed by atoms with E-state index in [9.17, 15) is 20.0 Å². The predicted molar refractivity (Wildman–Crippen MR) is 75.1 cm³/mol. The number of carbonyl (C=O) groups excluding carboxylic acids is 1. The Morgan fingerprint density at radius 3 is 2.76 bits per heavy atom. The molecule has 1 aromatic rings. The zero-order chi connectivity index (χ0) is 15.5. The van der Waals surface area contributed by atoms with Crippen LogP contribution in [0.4, 0.5) is 5.69 Å². The lowest BCUT2D eigenvalue weighted by molar-refractivity contribution is -0.384. The summed E-state index contributed by atoms with van der Waals surface area (Å²) >= 11 is 0. The van der Waals surface area contributed by atoms with Crippen LogP contribution < -0.4 is 0 Å². The summed E-state index contributed by atoms with van der Waals surface area (Å²) in [7, 11) is 1.58. The van der Waals surface area contributed by atoms with Gasteiger partial charge >= 0.3 is 0 Å². The summed E-state index contributed by atoms with van der Waals surface area (Å²) in [6.07, 6.45) is 0.944. The zero-order valence-electron chi connectivity index (χ0n) is 11.8. The van der Waals surface area contributed by atoms with E-state index in [2.05, 4.69) is 0 Å². The van der Waals surface area contributed by atoms with Crippen LogP contribution in [-0.4, -0.2) is 53.2 Å². The van der Waals surface area contributed by atoms with Gasteiger partial charge in [0.25, 0.3) is 11.6 Å². The number of ether oxygens (including phenoxy) is 1. The minimum absolute atomic E-state index is 0.126. The monoisotopic (exact) mass is 294 g/mol. The van der Waals surface area contributed by atoms with Crippen LogP contribution in [0.15, 0.2) is 24.3 Å². The molecule has 1 N–H and O–H groups in total. The summed E-state index contributed by atoms with van der Waals surface area (Å²) in [5.74, 6) is -0.349. The first-order chi connectivity index (χ1) is 9.91. The van der Waals surface area contributed by atoms with Crippen LogP contribution in [0.2, 0.25) is 0 Å². The second-order valence-electron chi connectivity index (χ2n) is 5.31. The molecule has 0 saturated carbocycles. The van der Waals surface area contributed by atoms with Gasteiger partial charge in [0.2, 0.25) is 0 Å². The Morgan fingerprint density at radius 1 is 1.48 bits per heavy atom. The Morgan fingerprint density at radius 2 is 2.14 bits per heavy atom. The van der Waals surface area contributed by atoms with Crippen LogP contribution >= 0.6 is 0 Å². The number of likely N-dealkylation sites (N-methyl/N-ethyl adjacent to an activating group) is 1. The molecule has 114 valence electrons. The number of nitro groups is 1. The molecule has 1 aliphatic heterocycles. The highest BCUT2D eigenvalue weighted by molar-refractivity contribution is 5.94. The number of nitro benzene ring substituents is 1. The van der Waals surface area contributed by atoms with Crippen LogP contribution in [0.25, 0.3) is 0 Å². The van der Waals surface area contributed by atoms with Crippen LogP contribution in [0, 0.1) is 10.1 Å². The quantitative estimate of drug-likeness (QED) is 0.665. The van der Waals surface area contributed by atoms with Gasteiger partial charge in [-0.05, 0) is 6.07 Å². The summed E-state index contributed by atoms with van der Waals surface area (Å²) in [5, 5.41) is 21.1. The third kappa shape index (κ3) is 3.77. The number of rotatable bonds is 4. The Labute approximate surface area is 122 Å². The van der Waals surface area contributed by atoms with E-state index in [0.29, 0.717) is 26.1 Å². The van der Waals surface area contributed by atoms with E-state index in [0.717, 1.165) is 0 Å². The van der Waals surface area contributed by atoms with Gasteiger partial charge in [0, 0.05) is 57.3 Å². The highest BCUT2D eigenvalue weighted by Gasteiger charge is 2.32. The molecular weight excluding hydrogens is 276 g/mol. The number of nitrogens with zero attached hydrogens (tertiary/aromatic N) is 2. The van der Waals surface area contributed by atoms with E-state index in [1.54, 1.807) is 7.05 Å². The van der Waals surface area contributed by atoms with Crippen LogP contribution in [0.1, 0.15) is 23.2 Å². The third-order valence-corrected chi connectivity index (χ3v) is 3.61. The predicted octanol–water partition coefficient (Wildman–Crippen LogP) is 1.21. The first-order valence-corrected chi connectivity index (χ1v) is 6.71. The van der Waals surface area contributed by atoms with Crippen molar-refractivity contribution in [1.29, 1.82) is 0 Å². The molecule has 0 bridgehead atoms. The number of benzene rings is 1. The molecule has 0 aromatic heterocycles. The van der Waals surface area contributed by atoms with Crippen molar-refractivity contribution in [2.45, 2.75) is 18.4 Å². The maximum absolute atomic E-state index is 12.3. The second-order valence-corrected chi connectivity index (χ2v) is 5.31. The van der Waals surface area contributed by atoms with E-state index in [1.807, 2.05) is 0 Å². The highest BCUT2D eigenvalue weighted by Crippen LogP contribution is 2.22. The van der Waals surface area contributed by atoms with Crippen molar-refractivity contribution < 1.29 is 19.6 Å². The smallest absolute Gasteiger partial charge is 0.270 e. The number of hydrogen-bond donors (Lipinski definition) is 1. The van der Waals surface area contributed by atoms with Crippen molar-refractivity contribution in [3.63, 3.8) is 0 Å². The molecule has 1 fully saturated rings. The topological polar surface area (TPSA) is 92.9 Å². The largest absolute Gasteiger partial charge is 0.388 e. The van der Waals surface area contributed by atoms with Gasteiger partial charge in [-0.2, -0.15) is 0 Å². The molecule has 0 radical (unpaired) electrons. The van der Waals surface area contributed by atoms with E-state index < -0.39 is 10.5 Å². The van der Waals surface area contributed by atoms with Crippen molar-refractivity contribution in [3.05, 3.63) is 39.9 Å². The van der Waals surface area contributed by atoms with Crippen molar-refractivity contribution >= 4 is 11.6 Å². The fourth-order valence-corrected chi connectivity index (χ4v) is 2.40. The minimum Gasteiger partial charge on any atom is -0.388 e. The van der Waals surface area contributed by atoms with Crippen LogP contribution in [0.5, 0.6) is 0 Å². The first-order valence-electron chi connectivity index (χ1n) is 6.71. The van der Waals surface area contributed by atoms with Crippen LogP contribution in [-0.2, 0) is 4.74 Å². The molecule has 1 saturated heterocycles. The molecule has 7 nitrogen and oxygen atoms in total. The number of amides is 1. The highest BCUT2D eigenvalue weighted by atomic mass is 16.6. The molecule has 2 rings (SSSR count). The van der Waals surface area contributed by atoms with Gasteiger partial charge in [0.1, 0.15) is 0 Å². The zero-order valence-corrected chi connectivity index (χ0v) is 11.8. The molecule has 1 amide bonds. The Hall–Kier alpha value is -1.99. The van der Waals surface area contributed by atoms with Crippen molar-refractivity contribution in [3.8, 4) is 0 Å². The molecule has 0 unspecified atom stereocenters. The summed E-state index contributed by atoms with van der Waals surface area (Å²) in [5.41, 5.74) is -0.843. The maximum atomic E-state index is 12.3. The molecule has 0 atom stereocenters. The fourth-order valence-electron chi connectivity index (χ4n) is 2.40. The Bertz CT molecular complexity index is 540. The van der Waals surface area contributed by atoms with E-state index in [-0.39, 0.29) is 23.7 Å². The van der Waals surface area contributed by atoms with Gasteiger partial charge in [-0.3, -0.25) is 14.9 Å². The van der Waals surface area contributed by atoms with Crippen molar-refractivity contribution in [2.75, 3.05) is 26.8 Å². The van der Waals surface area contributed by atoms with Gasteiger partial charge < -0.3 is 14.7 Å². The number of aliphatic hydroxyl groups is 1. The van der Waals surface area contributed by atoms with Crippen molar-refractivity contribution in [2.24, 2.45) is 0 Å². The van der Waals surface area contributed by atoms with Gasteiger partial charge in [-0.1, -0.05) is 6.07 Å². The maximum Gasteiger partial charge on any atom is 0.270 e. The molecular formula is C14H18N2O5. The van der Waals surface area contributed by atoms with Gasteiger partial charge in [-0.15, -0.1) is 0 Å². The lowest BCUT2D eigenvalue weighted by atomic mass is 9.93. The van der Waals surface area contributed by atoms with Crippen molar-refractivity contribution in [1.82, 2.24) is 4.90 Å². The van der Waals surface area contributed by atoms with E-state index in [4.69, 9.17) is 4.74 Å². The fraction of sp³-hybridized carbons (Fsp3) is 0.500.